The maximum Gasteiger partial charge on any atom is 0.328 e. The summed E-state index contributed by atoms with van der Waals surface area (Å²) in [5.41, 5.74) is -0.454. The van der Waals surface area contributed by atoms with Gasteiger partial charge in [-0.2, -0.15) is 0 Å². The zero-order valence-electron chi connectivity index (χ0n) is 14.0. The van der Waals surface area contributed by atoms with Crippen molar-refractivity contribution in [1.82, 2.24) is 14.5 Å². The molecule has 0 aliphatic carbocycles. The van der Waals surface area contributed by atoms with E-state index in [0.29, 0.717) is 11.3 Å². The second-order valence-corrected chi connectivity index (χ2v) is 8.11. The molecule has 2 aliphatic rings. The molecule has 9 nitrogen and oxygen atoms in total. The second kappa shape index (κ2) is 5.73. The van der Waals surface area contributed by atoms with Crippen molar-refractivity contribution in [3.05, 3.63) is 32.1 Å². The summed E-state index contributed by atoms with van der Waals surface area (Å²) in [4.78, 5) is 52.5. The molecule has 2 aliphatic heterocycles. The van der Waals surface area contributed by atoms with E-state index in [4.69, 9.17) is 0 Å². The van der Waals surface area contributed by atoms with Gasteiger partial charge in [0.1, 0.15) is 0 Å². The molecule has 1 unspecified atom stereocenters. The number of hydrogen-bond acceptors (Lipinski definition) is 6. The molecule has 2 saturated heterocycles. The number of aromatic nitrogens is 2. The van der Waals surface area contributed by atoms with Gasteiger partial charge in [-0.25, -0.2) is 4.79 Å². The zero-order chi connectivity index (χ0) is 18.7. The molecule has 1 amide bonds. The first-order valence-corrected chi connectivity index (χ1v) is 8.67. The number of nitrogens with one attached hydrogen (secondary N) is 1. The van der Waals surface area contributed by atoms with Crippen LogP contribution in [0.25, 0.3) is 0 Å². The smallest absolute Gasteiger partial charge is 0.328 e. The summed E-state index contributed by atoms with van der Waals surface area (Å²) in [7, 11) is 0. The van der Waals surface area contributed by atoms with E-state index in [1.54, 1.807) is 13.8 Å². The first kappa shape index (κ1) is 17.7. The largest absolute Gasteiger partial charge is 0.480 e. The van der Waals surface area contributed by atoms with E-state index >= 15 is 0 Å². The van der Waals surface area contributed by atoms with E-state index in [0.717, 1.165) is 16.3 Å². The van der Waals surface area contributed by atoms with Gasteiger partial charge in [0, 0.05) is 17.8 Å². The summed E-state index contributed by atoms with van der Waals surface area (Å²) in [6, 6.07) is 0. The van der Waals surface area contributed by atoms with Crippen LogP contribution >= 0.6 is 11.8 Å². The Balaban J connectivity index is 1.99. The molecule has 0 saturated carbocycles. The molecule has 3 heterocycles. The predicted molar refractivity (Wildman–Crippen MR) is 89.4 cm³/mol. The third kappa shape index (κ3) is 2.51. The van der Waals surface area contributed by atoms with Crippen LogP contribution in [0.4, 0.5) is 0 Å². The van der Waals surface area contributed by atoms with Gasteiger partial charge in [0.05, 0.1) is 23.9 Å². The van der Waals surface area contributed by atoms with Gasteiger partial charge >= 0.3 is 11.7 Å². The van der Waals surface area contributed by atoms with Crippen molar-refractivity contribution in [3.8, 4) is 0 Å². The number of carbonyl (C=O) groups is 2. The first-order chi connectivity index (χ1) is 11.6. The average molecular weight is 369 g/mol. The summed E-state index contributed by atoms with van der Waals surface area (Å²) in [5, 5.41) is 19.0. The number of aryl methyl sites for hydroxylation is 1. The number of aliphatic hydroxyl groups excluding tert-OH is 1. The molecule has 10 heteroatoms. The maximum absolute atomic E-state index is 12.4. The molecule has 3 rings (SSSR count). The zero-order valence-corrected chi connectivity index (χ0v) is 14.8. The number of H-pyrrole nitrogens is 1. The van der Waals surface area contributed by atoms with Crippen molar-refractivity contribution < 1.29 is 19.8 Å². The highest BCUT2D eigenvalue weighted by Gasteiger charge is 2.63. The van der Waals surface area contributed by atoms with Gasteiger partial charge in [-0.1, -0.05) is 0 Å². The summed E-state index contributed by atoms with van der Waals surface area (Å²) in [6.07, 6.45) is -0.890. The van der Waals surface area contributed by atoms with Gasteiger partial charge < -0.3 is 20.1 Å². The summed E-state index contributed by atoms with van der Waals surface area (Å²) in [5.74, 6) is -2.17. The molecule has 0 radical (unpaired) electrons. The number of fused-ring (bicyclic) bond motifs is 1. The van der Waals surface area contributed by atoms with Crippen molar-refractivity contribution in [3.63, 3.8) is 0 Å². The number of β-lactam (4-membered cyclic amide) rings is 1. The Morgan fingerprint density at radius 3 is 2.60 bits per heavy atom. The maximum atomic E-state index is 12.4. The minimum Gasteiger partial charge on any atom is -0.480 e. The number of hydrogen-bond donors (Lipinski definition) is 3. The number of aliphatic hydroxyl groups is 1. The average Bonchev–Trinajstić information content (AvgIpc) is 2.85. The molecule has 0 aromatic carbocycles. The number of aliphatic carboxylic acids is 1. The predicted octanol–water partition coefficient (Wildman–Crippen LogP) is -1.11. The van der Waals surface area contributed by atoms with Crippen LogP contribution in [0.2, 0.25) is 0 Å². The highest BCUT2D eigenvalue weighted by Crippen LogP contribution is 2.51. The van der Waals surface area contributed by atoms with Gasteiger partial charge in [0.15, 0.2) is 4.75 Å². The molecule has 25 heavy (non-hydrogen) atoms. The van der Waals surface area contributed by atoms with Gasteiger partial charge in [0.2, 0.25) is 5.91 Å². The fourth-order valence-corrected chi connectivity index (χ4v) is 5.07. The van der Waals surface area contributed by atoms with Crippen LogP contribution in [0.3, 0.4) is 0 Å². The van der Waals surface area contributed by atoms with E-state index in [1.165, 1.54) is 11.8 Å². The third-order valence-electron chi connectivity index (χ3n) is 4.95. The Morgan fingerprint density at radius 2 is 2.04 bits per heavy atom. The van der Waals surface area contributed by atoms with Crippen LogP contribution in [0, 0.1) is 19.8 Å². The standard InChI is InChI=1S/C15H19N3O6S/c1-6-7(2)16-14(24)18(10(6)20)5-15(13(22)23)4-17-11(21)9(8(3)19)12(17)25-15/h8-9,12,19H,4-5H2,1-3H3,(H,16,24)(H,22,23)/t8-,9+,12-,15?/m1/s1. The molecular weight excluding hydrogens is 350 g/mol. The number of aromatic amines is 1. The summed E-state index contributed by atoms with van der Waals surface area (Å²) >= 11 is 1.01. The van der Waals surface area contributed by atoms with Gasteiger partial charge in [-0.15, -0.1) is 11.8 Å². The van der Waals surface area contributed by atoms with Crippen molar-refractivity contribution in [2.45, 2.75) is 43.5 Å². The summed E-state index contributed by atoms with van der Waals surface area (Å²) in [6.45, 7) is 4.17. The Kier molecular flexibility index (Phi) is 4.07. The summed E-state index contributed by atoms with van der Waals surface area (Å²) < 4.78 is -0.639. The highest BCUT2D eigenvalue weighted by molar-refractivity contribution is 8.02. The third-order valence-corrected chi connectivity index (χ3v) is 6.62. The quantitative estimate of drug-likeness (QED) is 0.573. The lowest BCUT2D eigenvalue weighted by atomic mass is 9.92. The number of thioether (sulfide) groups is 1. The van der Waals surface area contributed by atoms with E-state index in [1.807, 2.05) is 0 Å². The SMILES string of the molecule is Cc1[nH]c(=O)n(CC2(C(=O)O)CN3C(=O)[C@H]([C@@H](C)O)[C@H]3S2)c(=O)c1C. The lowest BCUT2D eigenvalue weighted by molar-refractivity contribution is -0.156. The highest BCUT2D eigenvalue weighted by atomic mass is 32.2. The topological polar surface area (TPSA) is 133 Å². The van der Waals surface area contributed by atoms with Crippen molar-refractivity contribution in [1.29, 1.82) is 0 Å². The molecule has 136 valence electrons. The van der Waals surface area contributed by atoms with Gasteiger partial charge in [-0.3, -0.25) is 19.0 Å². The number of carboxylic acid groups (broad SMARTS) is 1. The minimum atomic E-state index is -1.51. The van der Waals surface area contributed by atoms with Crippen molar-refractivity contribution in [2.24, 2.45) is 5.92 Å². The van der Waals surface area contributed by atoms with Crippen LogP contribution in [-0.4, -0.2) is 59.3 Å². The lowest BCUT2D eigenvalue weighted by Gasteiger charge is -2.42. The Bertz CT molecular complexity index is 875. The number of amides is 1. The van der Waals surface area contributed by atoms with Crippen LogP contribution in [0.5, 0.6) is 0 Å². The van der Waals surface area contributed by atoms with Crippen molar-refractivity contribution >= 4 is 23.6 Å². The number of carbonyl (C=O) groups excluding carboxylic acids is 1. The van der Waals surface area contributed by atoms with E-state index in [-0.39, 0.29) is 19.0 Å². The van der Waals surface area contributed by atoms with Crippen LogP contribution < -0.4 is 11.2 Å². The minimum absolute atomic E-state index is 0.113. The second-order valence-electron chi connectivity index (χ2n) is 6.61. The van der Waals surface area contributed by atoms with Crippen LogP contribution in [0.15, 0.2) is 9.59 Å². The van der Waals surface area contributed by atoms with Crippen LogP contribution in [-0.2, 0) is 16.1 Å². The number of nitrogens with zero attached hydrogens (tertiary/aromatic N) is 2. The van der Waals surface area contributed by atoms with E-state index in [9.17, 15) is 29.4 Å². The number of rotatable bonds is 4. The fraction of sp³-hybridized carbons (Fsp3) is 0.600. The van der Waals surface area contributed by atoms with Gasteiger partial charge in [-0.05, 0) is 20.8 Å². The molecular formula is C15H19N3O6S. The Morgan fingerprint density at radius 1 is 1.40 bits per heavy atom. The van der Waals surface area contributed by atoms with E-state index < -0.39 is 39.4 Å². The van der Waals surface area contributed by atoms with Crippen molar-refractivity contribution in [2.75, 3.05) is 6.54 Å². The molecule has 3 N–H and O–H groups in total. The lowest BCUT2D eigenvalue weighted by Crippen LogP contribution is -2.60. The molecule has 0 spiro atoms. The first-order valence-electron chi connectivity index (χ1n) is 7.79. The molecule has 2 fully saturated rings. The normalized spacial score (nSPS) is 29.3. The Labute approximate surface area is 146 Å². The van der Waals surface area contributed by atoms with E-state index in [2.05, 4.69) is 4.98 Å². The fourth-order valence-electron chi connectivity index (χ4n) is 3.29. The van der Waals surface area contributed by atoms with Gasteiger partial charge in [0.25, 0.3) is 5.56 Å². The molecule has 1 aromatic rings. The Hall–Kier alpha value is -2.07. The molecule has 0 bridgehead atoms. The monoisotopic (exact) mass is 369 g/mol. The molecule has 4 atom stereocenters. The van der Waals surface area contributed by atoms with Crippen LogP contribution in [0.1, 0.15) is 18.2 Å². The number of carboxylic acids is 1. The molecule has 1 aromatic heterocycles.